The molecule has 0 saturated heterocycles. The highest BCUT2D eigenvalue weighted by Gasteiger charge is 2.04. The van der Waals surface area contributed by atoms with Gasteiger partial charge in [0.1, 0.15) is 0 Å². The third-order valence-electron chi connectivity index (χ3n) is 2.29. The molecule has 0 spiro atoms. The molecule has 0 fully saturated rings. The number of hydrogen-bond donors (Lipinski definition) is 2. The Morgan fingerprint density at radius 2 is 1.77 bits per heavy atom. The van der Waals surface area contributed by atoms with Crippen molar-refractivity contribution < 1.29 is 0 Å². The Kier molecular flexibility index (Phi) is 9.94. The van der Waals surface area contributed by atoms with Crippen molar-refractivity contribution in [2.75, 3.05) is 19.6 Å². The van der Waals surface area contributed by atoms with Crippen LogP contribution in [0.3, 0.4) is 0 Å². The largest absolute Gasteiger partial charge is 0.317 e. The molecule has 1 unspecified atom stereocenters. The molecule has 0 aliphatic rings. The van der Waals surface area contributed by atoms with E-state index in [2.05, 4.69) is 31.4 Å². The third-order valence-corrected chi connectivity index (χ3v) is 2.29. The minimum absolute atomic E-state index is 0.744. The summed E-state index contributed by atoms with van der Waals surface area (Å²) in [6.45, 7) is 9.98. The molecule has 0 aromatic heterocycles. The lowest BCUT2D eigenvalue weighted by Crippen LogP contribution is -2.29. The number of rotatable bonds is 9. The molecular formula is C11H26N2. The van der Waals surface area contributed by atoms with E-state index in [0.29, 0.717) is 0 Å². The first-order valence-electron chi connectivity index (χ1n) is 5.79. The van der Waals surface area contributed by atoms with Crippen LogP contribution in [0.1, 0.15) is 46.5 Å². The number of nitrogens with one attached hydrogen (secondary N) is 2. The molecule has 13 heavy (non-hydrogen) atoms. The van der Waals surface area contributed by atoms with Crippen molar-refractivity contribution in [1.82, 2.24) is 10.6 Å². The summed E-state index contributed by atoms with van der Waals surface area (Å²) >= 11 is 0. The van der Waals surface area contributed by atoms with Crippen molar-refractivity contribution in [2.45, 2.75) is 52.5 Å². The Hall–Kier alpha value is -0.0800. The average Bonchev–Trinajstić information content (AvgIpc) is 2.13. The van der Waals surface area contributed by atoms with E-state index in [1.54, 1.807) is 0 Å². The molecule has 0 aliphatic carbocycles. The monoisotopic (exact) mass is 186 g/mol. The Bertz CT molecular complexity index is 88.1. The van der Waals surface area contributed by atoms with Gasteiger partial charge in [0.15, 0.2) is 0 Å². The normalized spacial score (nSPS) is 13.2. The third kappa shape index (κ3) is 8.26. The Morgan fingerprint density at radius 1 is 1.00 bits per heavy atom. The summed E-state index contributed by atoms with van der Waals surface area (Å²) < 4.78 is 0. The van der Waals surface area contributed by atoms with Gasteiger partial charge >= 0.3 is 0 Å². The highest BCUT2D eigenvalue weighted by molar-refractivity contribution is 4.65. The van der Waals surface area contributed by atoms with Crippen molar-refractivity contribution >= 4 is 0 Å². The van der Waals surface area contributed by atoms with Crippen molar-refractivity contribution in [1.29, 1.82) is 0 Å². The first-order valence-corrected chi connectivity index (χ1v) is 5.79. The Balaban J connectivity index is 3.33. The van der Waals surface area contributed by atoms with E-state index in [1.165, 1.54) is 32.2 Å². The van der Waals surface area contributed by atoms with Crippen LogP contribution in [-0.4, -0.2) is 25.7 Å². The first-order chi connectivity index (χ1) is 6.35. The summed E-state index contributed by atoms with van der Waals surface area (Å²) in [6.07, 6.45) is 5.22. The van der Waals surface area contributed by atoms with Crippen LogP contribution in [0.25, 0.3) is 0 Å². The van der Waals surface area contributed by atoms with Crippen LogP contribution in [0, 0.1) is 0 Å². The van der Waals surface area contributed by atoms with Crippen LogP contribution < -0.4 is 10.6 Å². The SMILES string of the molecule is CCCC(CCCNCC)NCC. The highest BCUT2D eigenvalue weighted by Crippen LogP contribution is 2.03. The molecule has 0 saturated carbocycles. The van der Waals surface area contributed by atoms with Crippen LogP contribution in [0.5, 0.6) is 0 Å². The van der Waals surface area contributed by atoms with Gasteiger partial charge in [-0.15, -0.1) is 0 Å². The van der Waals surface area contributed by atoms with Gasteiger partial charge in [0, 0.05) is 6.04 Å². The van der Waals surface area contributed by atoms with Crippen LogP contribution in [0.15, 0.2) is 0 Å². The average molecular weight is 186 g/mol. The molecule has 80 valence electrons. The molecule has 0 amide bonds. The summed E-state index contributed by atoms with van der Waals surface area (Å²) in [5, 5.41) is 6.89. The second-order valence-corrected chi connectivity index (χ2v) is 3.54. The van der Waals surface area contributed by atoms with Gasteiger partial charge in [-0.1, -0.05) is 27.2 Å². The minimum atomic E-state index is 0.744. The van der Waals surface area contributed by atoms with E-state index < -0.39 is 0 Å². The maximum Gasteiger partial charge on any atom is 0.00673 e. The molecule has 0 heterocycles. The predicted molar refractivity (Wildman–Crippen MR) is 60.2 cm³/mol. The summed E-state index contributed by atoms with van der Waals surface area (Å²) in [7, 11) is 0. The van der Waals surface area contributed by atoms with Crippen molar-refractivity contribution in [2.24, 2.45) is 0 Å². The van der Waals surface area contributed by atoms with E-state index in [1.807, 2.05) is 0 Å². The molecule has 0 bridgehead atoms. The van der Waals surface area contributed by atoms with Crippen LogP contribution in [0.4, 0.5) is 0 Å². The molecule has 0 rings (SSSR count). The van der Waals surface area contributed by atoms with Crippen LogP contribution >= 0.6 is 0 Å². The zero-order chi connectivity index (χ0) is 9.94. The standard InChI is InChI=1S/C11H26N2/c1-4-8-11(13-6-3)9-7-10-12-5-2/h11-13H,4-10H2,1-3H3. The Labute approximate surface area is 83.5 Å². The van der Waals surface area contributed by atoms with Gasteiger partial charge in [0.2, 0.25) is 0 Å². The lowest BCUT2D eigenvalue weighted by molar-refractivity contribution is 0.442. The molecule has 0 aromatic rings. The maximum absolute atomic E-state index is 3.53. The first kappa shape index (κ1) is 12.9. The molecule has 2 nitrogen and oxygen atoms in total. The summed E-state index contributed by atoms with van der Waals surface area (Å²) in [5.74, 6) is 0. The topological polar surface area (TPSA) is 24.1 Å². The van der Waals surface area contributed by atoms with E-state index >= 15 is 0 Å². The van der Waals surface area contributed by atoms with Gasteiger partial charge in [0.25, 0.3) is 0 Å². The quantitative estimate of drug-likeness (QED) is 0.539. The lowest BCUT2D eigenvalue weighted by Gasteiger charge is -2.16. The molecule has 0 aliphatic heterocycles. The van der Waals surface area contributed by atoms with Gasteiger partial charge in [-0.05, 0) is 38.9 Å². The van der Waals surface area contributed by atoms with Crippen molar-refractivity contribution in [3.63, 3.8) is 0 Å². The second-order valence-electron chi connectivity index (χ2n) is 3.54. The van der Waals surface area contributed by atoms with Gasteiger partial charge in [0.05, 0.1) is 0 Å². The lowest BCUT2D eigenvalue weighted by atomic mass is 10.1. The fourth-order valence-electron chi connectivity index (χ4n) is 1.64. The zero-order valence-corrected chi connectivity index (χ0v) is 9.53. The molecule has 2 heteroatoms. The summed E-state index contributed by atoms with van der Waals surface area (Å²) in [4.78, 5) is 0. The van der Waals surface area contributed by atoms with Gasteiger partial charge in [-0.25, -0.2) is 0 Å². The summed E-state index contributed by atoms with van der Waals surface area (Å²) in [6, 6.07) is 0.744. The minimum Gasteiger partial charge on any atom is -0.317 e. The fraction of sp³-hybridized carbons (Fsp3) is 1.00. The summed E-state index contributed by atoms with van der Waals surface area (Å²) in [5.41, 5.74) is 0. The van der Waals surface area contributed by atoms with Crippen molar-refractivity contribution in [3.8, 4) is 0 Å². The van der Waals surface area contributed by atoms with E-state index in [4.69, 9.17) is 0 Å². The van der Waals surface area contributed by atoms with E-state index in [9.17, 15) is 0 Å². The molecule has 1 atom stereocenters. The van der Waals surface area contributed by atoms with E-state index in [-0.39, 0.29) is 0 Å². The second kappa shape index (κ2) is 10.0. The fourth-order valence-corrected chi connectivity index (χ4v) is 1.64. The molecule has 2 N–H and O–H groups in total. The predicted octanol–water partition coefficient (Wildman–Crippen LogP) is 2.15. The Morgan fingerprint density at radius 3 is 2.31 bits per heavy atom. The highest BCUT2D eigenvalue weighted by atomic mass is 14.9. The number of hydrogen-bond acceptors (Lipinski definition) is 2. The smallest absolute Gasteiger partial charge is 0.00673 e. The molecule has 0 aromatic carbocycles. The van der Waals surface area contributed by atoms with Gasteiger partial charge in [-0.2, -0.15) is 0 Å². The van der Waals surface area contributed by atoms with E-state index in [0.717, 1.165) is 19.1 Å². The van der Waals surface area contributed by atoms with Crippen LogP contribution in [0.2, 0.25) is 0 Å². The molecule has 0 radical (unpaired) electrons. The molecular weight excluding hydrogens is 160 g/mol. The van der Waals surface area contributed by atoms with Gasteiger partial charge < -0.3 is 10.6 Å². The zero-order valence-electron chi connectivity index (χ0n) is 9.53. The van der Waals surface area contributed by atoms with Crippen LogP contribution in [-0.2, 0) is 0 Å². The maximum atomic E-state index is 3.53. The van der Waals surface area contributed by atoms with Gasteiger partial charge in [-0.3, -0.25) is 0 Å². The van der Waals surface area contributed by atoms with Crippen molar-refractivity contribution in [3.05, 3.63) is 0 Å².